The van der Waals surface area contributed by atoms with E-state index in [0.29, 0.717) is 5.95 Å². The maximum Gasteiger partial charge on any atom is 0.229 e. The van der Waals surface area contributed by atoms with Crippen LogP contribution in [0.3, 0.4) is 0 Å². The van der Waals surface area contributed by atoms with E-state index in [4.69, 9.17) is 4.98 Å². The van der Waals surface area contributed by atoms with Crippen molar-refractivity contribution in [2.45, 2.75) is 23.7 Å². The number of sulfone groups is 1. The molecule has 1 atom stereocenters. The number of aromatic nitrogens is 2. The molecular formula is C21H22N4O2S. The molecule has 7 heteroatoms. The normalized spacial score (nSPS) is 15.9. The van der Waals surface area contributed by atoms with Crippen LogP contribution in [0, 0.1) is 0 Å². The maximum atomic E-state index is 11.6. The van der Waals surface area contributed by atoms with Crippen LogP contribution in [0.2, 0.25) is 0 Å². The molecule has 0 fully saturated rings. The van der Waals surface area contributed by atoms with E-state index in [1.807, 2.05) is 13.1 Å². The maximum absolute atomic E-state index is 11.6. The minimum Gasteiger partial charge on any atom is -0.373 e. The number of rotatable bonds is 5. The van der Waals surface area contributed by atoms with Gasteiger partial charge >= 0.3 is 0 Å². The predicted octanol–water partition coefficient (Wildman–Crippen LogP) is 3.74. The second-order valence-electron chi connectivity index (χ2n) is 6.93. The molecule has 0 saturated heterocycles. The van der Waals surface area contributed by atoms with E-state index in [0.717, 1.165) is 35.6 Å². The van der Waals surface area contributed by atoms with Crippen molar-refractivity contribution >= 4 is 27.3 Å². The summed E-state index contributed by atoms with van der Waals surface area (Å²) in [6.45, 7) is 0. The fraction of sp³-hybridized carbons (Fsp3) is 0.238. The molecule has 0 spiro atoms. The van der Waals surface area contributed by atoms with Crippen molar-refractivity contribution in [1.29, 1.82) is 0 Å². The Morgan fingerprint density at radius 3 is 2.36 bits per heavy atom. The molecule has 1 aliphatic rings. The van der Waals surface area contributed by atoms with Gasteiger partial charge in [0, 0.05) is 30.5 Å². The highest BCUT2D eigenvalue weighted by Gasteiger charge is 2.29. The van der Waals surface area contributed by atoms with Crippen LogP contribution in [0.4, 0.5) is 17.5 Å². The third-order valence-corrected chi connectivity index (χ3v) is 6.16. The van der Waals surface area contributed by atoms with Gasteiger partial charge in [0.15, 0.2) is 9.84 Å². The van der Waals surface area contributed by atoms with Crippen LogP contribution >= 0.6 is 0 Å². The van der Waals surface area contributed by atoms with Gasteiger partial charge in [-0.1, -0.05) is 30.3 Å². The summed E-state index contributed by atoms with van der Waals surface area (Å²) in [5, 5.41) is 6.39. The number of benzene rings is 2. The molecule has 3 aromatic rings. The standard InChI is InChI=1S/C21H22N4O2S/c1-22-20-18-13-12-17(14-6-4-3-5-7-14)19(18)24-21(25-20)23-15-8-10-16(11-9-15)28(2,26)27/h3-11,17H,12-13H2,1-2H3,(H2,22,23,24,25). The molecule has 1 heterocycles. The highest BCUT2D eigenvalue weighted by molar-refractivity contribution is 7.90. The molecule has 0 radical (unpaired) electrons. The number of nitrogens with one attached hydrogen (secondary N) is 2. The number of fused-ring (bicyclic) bond motifs is 1. The Morgan fingerprint density at radius 1 is 1.00 bits per heavy atom. The summed E-state index contributed by atoms with van der Waals surface area (Å²) in [6, 6.07) is 17.0. The van der Waals surface area contributed by atoms with E-state index >= 15 is 0 Å². The molecule has 2 aromatic carbocycles. The van der Waals surface area contributed by atoms with E-state index in [2.05, 4.69) is 39.9 Å². The van der Waals surface area contributed by atoms with Crippen LogP contribution in [0.5, 0.6) is 0 Å². The molecule has 1 aliphatic carbocycles. The molecule has 1 unspecified atom stereocenters. The molecule has 4 rings (SSSR count). The van der Waals surface area contributed by atoms with E-state index in [-0.39, 0.29) is 10.8 Å². The first-order chi connectivity index (χ1) is 13.5. The molecular weight excluding hydrogens is 372 g/mol. The summed E-state index contributed by atoms with van der Waals surface area (Å²) in [5.41, 5.74) is 4.20. The summed E-state index contributed by atoms with van der Waals surface area (Å²) in [7, 11) is -1.35. The van der Waals surface area contributed by atoms with Crippen LogP contribution in [0.15, 0.2) is 59.5 Å². The van der Waals surface area contributed by atoms with Crippen LogP contribution < -0.4 is 10.6 Å². The lowest BCUT2D eigenvalue weighted by Crippen LogP contribution is -2.08. The quantitative estimate of drug-likeness (QED) is 0.686. The Balaban J connectivity index is 1.68. The van der Waals surface area contributed by atoms with E-state index in [1.165, 1.54) is 11.8 Å². The van der Waals surface area contributed by atoms with Gasteiger partial charge in [0.1, 0.15) is 5.82 Å². The summed E-state index contributed by atoms with van der Waals surface area (Å²) >= 11 is 0. The molecule has 0 saturated carbocycles. The van der Waals surface area contributed by atoms with Gasteiger partial charge in [-0.05, 0) is 42.7 Å². The Kier molecular flexibility index (Phi) is 4.77. The third kappa shape index (κ3) is 3.57. The molecule has 1 aromatic heterocycles. The summed E-state index contributed by atoms with van der Waals surface area (Å²) in [6.07, 6.45) is 3.14. The number of nitrogens with zero attached hydrogens (tertiary/aromatic N) is 2. The fourth-order valence-electron chi connectivity index (χ4n) is 3.65. The Bertz CT molecular complexity index is 1100. The summed E-state index contributed by atoms with van der Waals surface area (Å²) < 4.78 is 23.3. The van der Waals surface area contributed by atoms with Crippen molar-refractivity contribution in [3.05, 3.63) is 71.4 Å². The van der Waals surface area contributed by atoms with E-state index < -0.39 is 9.84 Å². The highest BCUT2D eigenvalue weighted by atomic mass is 32.2. The Labute approximate surface area is 165 Å². The van der Waals surface area contributed by atoms with Crippen molar-refractivity contribution in [3.63, 3.8) is 0 Å². The lowest BCUT2D eigenvalue weighted by Gasteiger charge is -2.15. The smallest absolute Gasteiger partial charge is 0.229 e. The first-order valence-electron chi connectivity index (χ1n) is 9.16. The fourth-order valence-corrected chi connectivity index (χ4v) is 4.28. The van der Waals surface area contributed by atoms with Crippen molar-refractivity contribution < 1.29 is 8.42 Å². The van der Waals surface area contributed by atoms with Gasteiger partial charge in [-0.3, -0.25) is 0 Å². The van der Waals surface area contributed by atoms with Crippen molar-refractivity contribution in [3.8, 4) is 0 Å². The second-order valence-corrected chi connectivity index (χ2v) is 8.95. The van der Waals surface area contributed by atoms with Crippen LogP contribution in [0.25, 0.3) is 0 Å². The predicted molar refractivity (Wildman–Crippen MR) is 111 cm³/mol. The van der Waals surface area contributed by atoms with Gasteiger partial charge in [-0.15, -0.1) is 0 Å². The minimum absolute atomic E-state index is 0.250. The van der Waals surface area contributed by atoms with E-state index in [9.17, 15) is 8.42 Å². The van der Waals surface area contributed by atoms with Crippen LogP contribution in [0.1, 0.15) is 29.2 Å². The number of hydrogen-bond donors (Lipinski definition) is 2. The second kappa shape index (κ2) is 7.24. The van der Waals surface area contributed by atoms with Crippen LogP contribution in [-0.4, -0.2) is 31.7 Å². The van der Waals surface area contributed by atoms with Crippen molar-refractivity contribution in [2.75, 3.05) is 23.9 Å². The monoisotopic (exact) mass is 394 g/mol. The number of hydrogen-bond acceptors (Lipinski definition) is 6. The summed E-state index contributed by atoms with van der Waals surface area (Å²) in [4.78, 5) is 9.70. The Morgan fingerprint density at radius 2 is 1.71 bits per heavy atom. The highest BCUT2D eigenvalue weighted by Crippen LogP contribution is 2.40. The molecule has 0 aliphatic heterocycles. The first kappa shape index (κ1) is 18.4. The zero-order valence-electron chi connectivity index (χ0n) is 15.8. The average molecular weight is 395 g/mol. The molecule has 28 heavy (non-hydrogen) atoms. The molecule has 0 amide bonds. The largest absolute Gasteiger partial charge is 0.373 e. The van der Waals surface area contributed by atoms with Gasteiger partial charge in [-0.2, -0.15) is 4.98 Å². The lowest BCUT2D eigenvalue weighted by atomic mass is 9.97. The van der Waals surface area contributed by atoms with Gasteiger partial charge in [-0.25, -0.2) is 13.4 Å². The number of anilines is 3. The average Bonchev–Trinajstić information content (AvgIpc) is 3.12. The molecule has 6 nitrogen and oxygen atoms in total. The Hall–Kier alpha value is -2.93. The molecule has 144 valence electrons. The third-order valence-electron chi connectivity index (χ3n) is 5.03. The van der Waals surface area contributed by atoms with Gasteiger partial charge in [0.05, 0.1) is 10.6 Å². The van der Waals surface area contributed by atoms with Gasteiger partial charge < -0.3 is 10.6 Å². The van der Waals surface area contributed by atoms with Crippen molar-refractivity contribution in [1.82, 2.24) is 9.97 Å². The van der Waals surface area contributed by atoms with Gasteiger partial charge in [0.2, 0.25) is 5.95 Å². The van der Waals surface area contributed by atoms with Gasteiger partial charge in [0.25, 0.3) is 0 Å². The van der Waals surface area contributed by atoms with Crippen molar-refractivity contribution in [2.24, 2.45) is 0 Å². The summed E-state index contributed by atoms with van der Waals surface area (Å²) in [5.74, 6) is 1.58. The lowest BCUT2D eigenvalue weighted by molar-refractivity contribution is 0.602. The SMILES string of the molecule is CNc1nc(Nc2ccc(S(C)(=O)=O)cc2)nc2c1CCC2c1ccccc1. The topological polar surface area (TPSA) is 84.0 Å². The first-order valence-corrected chi connectivity index (χ1v) is 11.1. The van der Waals surface area contributed by atoms with E-state index in [1.54, 1.807) is 24.3 Å². The zero-order valence-corrected chi connectivity index (χ0v) is 16.6. The van der Waals surface area contributed by atoms with Crippen LogP contribution in [-0.2, 0) is 16.3 Å². The zero-order chi connectivity index (χ0) is 19.7. The minimum atomic E-state index is -3.22. The molecule has 2 N–H and O–H groups in total. The molecule has 0 bridgehead atoms.